The minimum Gasteiger partial charge on any atom is -0.481 e. The molecule has 1 saturated heterocycles. The van der Waals surface area contributed by atoms with E-state index in [1.807, 2.05) is 37.3 Å². The van der Waals surface area contributed by atoms with Gasteiger partial charge in [-0.2, -0.15) is 0 Å². The van der Waals surface area contributed by atoms with Crippen molar-refractivity contribution in [3.63, 3.8) is 0 Å². The first-order valence-electron chi connectivity index (χ1n) is 6.98. The Morgan fingerprint density at radius 2 is 1.86 bits per heavy atom. The smallest absolute Gasteiger partial charge is 0.304 e. The Balaban J connectivity index is 2.24. The second-order valence-electron chi connectivity index (χ2n) is 5.53. The zero-order chi connectivity index (χ0) is 15.6. The molecule has 0 bridgehead atoms. The van der Waals surface area contributed by atoms with Gasteiger partial charge in [0.05, 0.1) is 12.3 Å². The predicted octanol–water partition coefficient (Wildman–Crippen LogP) is 1.71. The van der Waals surface area contributed by atoms with Crippen molar-refractivity contribution in [3.8, 4) is 0 Å². The van der Waals surface area contributed by atoms with E-state index in [1.165, 1.54) is 6.92 Å². The van der Waals surface area contributed by atoms with Crippen molar-refractivity contribution in [2.24, 2.45) is 11.8 Å². The van der Waals surface area contributed by atoms with E-state index in [1.54, 1.807) is 4.90 Å². The maximum atomic E-state index is 12.5. The molecule has 1 aliphatic rings. The van der Waals surface area contributed by atoms with E-state index in [0.717, 1.165) is 5.56 Å². The first kappa shape index (κ1) is 15.2. The average Bonchev–Trinajstić information content (AvgIpc) is 2.64. The van der Waals surface area contributed by atoms with Crippen LogP contribution < -0.4 is 0 Å². The highest BCUT2D eigenvalue weighted by molar-refractivity contribution is 5.93. The number of hydrogen-bond acceptors (Lipinski definition) is 3. The van der Waals surface area contributed by atoms with Gasteiger partial charge in [-0.05, 0) is 19.4 Å². The van der Waals surface area contributed by atoms with Crippen LogP contribution in [0.25, 0.3) is 0 Å². The van der Waals surface area contributed by atoms with Gasteiger partial charge < -0.3 is 10.0 Å². The predicted molar refractivity (Wildman–Crippen MR) is 76.4 cm³/mol. The molecular weight excluding hydrogens is 270 g/mol. The zero-order valence-electron chi connectivity index (χ0n) is 12.2. The van der Waals surface area contributed by atoms with Gasteiger partial charge in [0.15, 0.2) is 0 Å². The van der Waals surface area contributed by atoms with Crippen LogP contribution in [0.2, 0.25) is 0 Å². The van der Waals surface area contributed by atoms with E-state index in [-0.39, 0.29) is 24.2 Å². The number of carbonyl (C=O) groups is 3. The summed E-state index contributed by atoms with van der Waals surface area (Å²) in [4.78, 5) is 36.9. The molecule has 2 rings (SSSR count). The molecule has 1 amide bonds. The van der Waals surface area contributed by atoms with Gasteiger partial charge in [0.2, 0.25) is 5.91 Å². The third-order valence-electron chi connectivity index (χ3n) is 4.10. The molecule has 112 valence electrons. The summed E-state index contributed by atoms with van der Waals surface area (Å²) in [5.74, 6) is -2.71. The fourth-order valence-electron chi connectivity index (χ4n) is 3.12. The number of carboxylic acids is 1. The number of Topliss-reactive ketones (excluding diaryl/α,β-unsaturated/α-hetero) is 1. The summed E-state index contributed by atoms with van der Waals surface area (Å²) in [6.45, 7) is 3.64. The van der Waals surface area contributed by atoms with Crippen LogP contribution in [0.4, 0.5) is 0 Å². The second kappa shape index (κ2) is 6.08. The highest BCUT2D eigenvalue weighted by Crippen LogP contribution is 2.35. The fraction of sp³-hybridized carbons (Fsp3) is 0.438. The molecule has 1 fully saturated rings. The zero-order valence-corrected chi connectivity index (χ0v) is 12.2. The summed E-state index contributed by atoms with van der Waals surface area (Å²) in [7, 11) is 0. The summed E-state index contributed by atoms with van der Waals surface area (Å²) in [6, 6.07) is 9.21. The number of likely N-dealkylation sites (tertiary alicyclic amines) is 1. The highest BCUT2D eigenvalue weighted by atomic mass is 16.4. The van der Waals surface area contributed by atoms with Crippen LogP contribution in [0, 0.1) is 11.8 Å². The second-order valence-corrected chi connectivity index (χ2v) is 5.53. The van der Waals surface area contributed by atoms with Crippen molar-refractivity contribution >= 4 is 17.7 Å². The van der Waals surface area contributed by atoms with E-state index in [2.05, 4.69) is 0 Å². The number of rotatable bonds is 5. The number of nitrogens with zero attached hydrogens (tertiary/aromatic N) is 1. The number of aliphatic carboxylic acids is 1. The molecule has 5 heteroatoms. The van der Waals surface area contributed by atoms with Gasteiger partial charge in [-0.1, -0.05) is 30.3 Å². The molecule has 1 aromatic rings. The molecule has 1 N–H and O–H groups in total. The number of benzene rings is 1. The topological polar surface area (TPSA) is 74.7 Å². The van der Waals surface area contributed by atoms with Crippen LogP contribution >= 0.6 is 0 Å². The SMILES string of the molecule is CC(=O)[C@@H]1[C@@H](CC(=O)O)C(=O)N(Cc2ccccc2)[C@H]1C. The van der Waals surface area contributed by atoms with Gasteiger partial charge in [0.1, 0.15) is 5.78 Å². The quantitative estimate of drug-likeness (QED) is 0.895. The lowest BCUT2D eigenvalue weighted by atomic mass is 9.85. The number of carboxylic acid groups (broad SMARTS) is 1. The van der Waals surface area contributed by atoms with Crippen molar-refractivity contribution < 1.29 is 19.5 Å². The Kier molecular flexibility index (Phi) is 4.40. The van der Waals surface area contributed by atoms with Gasteiger partial charge in [0, 0.05) is 18.5 Å². The molecule has 5 nitrogen and oxygen atoms in total. The van der Waals surface area contributed by atoms with E-state index in [9.17, 15) is 14.4 Å². The Morgan fingerprint density at radius 3 is 2.38 bits per heavy atom. The maximum absolute atomic E-state index is 12.5. The van der Waals surface area contributed by atoms with Crippen LogP contribution in [0.3, 0.4) is 0 Å². The summed E-state index contributed by atoms with van der Waals surface area (Å²) >= 11 is 0. The van der Waals surface area contributed by atoms with E-state index < -0.39 is 17.8 Å². The normalized spacial score (nSPS) is 25.1. The summed E-state index contributed by atoms with van der Waals surface area (Å²) < 4.78 is 0. The Bertz CT molecular complexity index is 555. The molecule has 0 aromatic heterocycles. The highest BCUT2D eigenvalue weighted by Gasteiger charge is 2.48. The van der Waals surface area contributed by atoms with E-state index in [4.69, 9.17) is 5.11 Å². The summed E-state index contributed by atoms with van der Waals surface area (Å²) in [5.41, 5.74) is 0.968. The van der Waals surface area contributed by atoms with Gasteiger partial charge in [0.25, 0.3) is 0 Å². The van der Waals surface area contributed by atoms with Crippen molar-refractivity contribution in [3.05, 3.63) is 35.9 Å². The van der Waals surface area contributed by atoms with Crippen LogP contribution in [0.15, 0.2) is 30.3 Å². The number of ketones is 1. The van der Waals surface area contributed by atoms with Crippen molar-refractivity contribution in [2.75, 3.05) is 0 Å². The van der Waals surface area contributed by atoms with Crippen LogP contribution in [-0.4, -0.2) is 33.7 Å². The summed E-state index contributed by atoms with van der Waals surface area (Å²) in [6.07, 6.45) is -0.293. The molecular formula is C16H19NO4. The maximum Gasteiger partial charge on any atom is 0.304 e. The number of carbonyl (C=O) groups excluding carboxylic acids is 2. The lowest BCUT2D eigenvalue weighted by Crippen LogP contribution is -2.33. The lowest BCUT2D eigenvalue weighted by Gasteiger charge is -2.23. The van der Waals surface area contributed by atoms with Crippen molar-refractivity contribution in [1.29, 1.82) is 0 Å². The lowest BCUT2D eigenvalue weighted by molar-refractivity contribution is -0.143. The molecule has 0 unspecified atom stereocenters. The molecule has 0 aliphatic carbocycles. The Labute approximate surface area is 123 Å². The minimum atomic E-state index is -1.05. The molecule has 1 aliphatic heterocycles. The van der Waals surface area contributed by atoms with Crippen LogP contribution in [0.5, 0.6) is 0 Å². The average molecular weight is 289 g/mol. The number of hydrogen-bond donors (Lipinski definition) is 1. The monoisotopic (exact) mass is 289 g/mol. The van der Waals surface area contributed by atoms with Crippen molar-refractivity contribution in [1.82, 2.24) is 4.90 Å². The minimum absolute atomic E-state index is 0.127. The van der Waals surface area contributed by atoms with Gasteiger partial charge >= 0.3 is 5.97 Å². The fourth-order valence-corrected chi connectivity index (χ4v) is 3.12. The van der Waals surface area contributed by atoms with Gasteiger partial charge in [-0.25, -0.2) is 0 Å². The Hall–Kier alpha value is -2.17. The van der Waals surface area contributed by atoms with Crippen LogP contribution in [0.1, 0.15) is 25.8 Å². The Morgan fingerprint density at radius 1 is 1.24 bits per heavy atom. The van der Waals surface area contributed by atoms with E-state index >= 15 is 0 Å². The molecule has 3 atom stereocenters. The van der Waals surface area contributed by atoms with Crippen molar-refractivity contribution in [2.45, 2.75) is 32.9 Å². The van der Waals surface area contributed by atoms with Gasteiger partial charge in [-0.3, -0.25) is 14.4 Å². The van der Waals surface area contributed by atoms with E-state index in [0.29, 0.717) is 6.54 Å². The molecule has 21 heavy (non-hydrogen) atoms. The third-order valence-corrected chi connectivity index (χ3v) is 4.10. The standard InChI is InChI=1S/C16H19NO4/c1-10-15(11(2)18)13(8-14(19)20)16(21)17(10)9-12-6-4-3-5-7-12/h3-7,10,13,15H,8-9H2,1-2H3,(H,19,20)/t10-,13+,15+/m0/s1. The van der Waals surface area contributed by atoms with Crippen LogP contribution in [-0.2, 0) is 20.9 Å². The molecule has 0 saturated carbocycles. The molecule has 1 aromatic carbocycles. The largest absolute Gasteiger partial charge is 0.481 e. The summed E-state index contributed by atoms with van der Waals surface area (Å²) in [5, 5.41) is 8.97. The number of amides is 1. The first-order valence-corrected chi connectivity index (χ1v) is 6.98. The van der Waals surface area contributed by atoms with Gasteiger partial charge in [-0.15, -0.1) is 0 Å². The first-order chi connectivity index (χ1) is 9.91. The third kappa shape index (κ3) is 3.12. The molecule has 1 heterocycles. The molecule has 0 radical (unpaired) electrons. The molecule has 0 spiro atoms.